The van der Waals surface area contributed by atoms with E-state index in [1.54, 1.807) is 0 Å². The smallest absolute Gasteiger partial charge is 0.357 e. The molecule has 126 valence electrons. The summed E-state index contributed by atoms with van der Waals surface area (Å²) in [4.78, 5) is 13.8. The minimum absolute atomic E-state index is 0.120. The fourth-order valence-electron chi connectivity index (χ4n) is 1.87. The van der Waals surface area contributed by atoms with E-state index in [2.05, 4.69) is 4.98 Å². The van der Waals surface area contributed by atoms with Gasteiger partial charge >= 0.3 is 11.4 Å². The van der Waals surface area contributed by atoms with Crippen LogP contribution in [-0.4, -0.2) is 22.6 Å². The lowest BCUT2D eigenvalue weighted by Gasteiger charge is -2.22. The highest BCUT2D eigenvalue weighted by Gasteiger charge is 2.57. The summed E-state index contributed by atoms with van der Waals surface area (Å²) in [6.07, 6.45) is -10.2. The standard InChI is InChI=1S/C13H8F7NOS/c1-5-10(23-13(19,20)11(15)12(16,17)18)9(22)7-4-6(14)2-3-8(7)21-5/h2-4,11H,1H3,(H,21,22). The Labute approximate surface area is 128 Å². The largest absolute Gasteiger partial charge is 0.426 e. The fourth-order valence-corrected chi connectivity index (χ4v) is 2.78. The number of hydrogen-bond acceptors (Lipinski definition) is 2. The van der Waals surface area contributed by atoms with Crippen LogP contribution in [0.5, 0.6) is 0 Å². The van der Waals surface area contributed by atoms with Gasteiger partial charge in [0.1, 0.15) is 5.82 Å². The van der Waals surface area contributed by atoms with Crippen molar-refractivity contribution in [3.05, 3.63) is 39.9 Å². The number of nitrogens with one attached hydrogen (secondary N) is 1. The van der Waals surface area contributed by atoms with Gasteiger partial charge in [0, 0.05) is 16.6 Å². The van der Waals surface area contributed by atoms with Crippen LogP contribution in [0, 0.1) is 12.7 Å². The summed E-state index contributed by atoms with van der Waals surface area (Å²) in [7, 11) is 0. The third-order valence-electron chi connectivity index (χ3n) is 2.92. The Bertz CT molecular complexity index is 799. The van der Waals surface area contributed by atoms with Crippen molar-refractivity contribution < 1.29 is 30.7 Å². The summed E-state index contributed by atoms with van der Waals surface area (Å²) in [5.74, 6) is -0.826. The Morgan fingerprint density at radius 1 is 1.17 bits per heavy atom. The van der Waals surface area contributed by atoms with Crippen molar-refractivity contribution >= 4 is 22.7 Å². The van der Waals surface area contributed by atoms with Gasteiger partial charge in [-0.15, -0.1) is 0 Å². The molecule has 0 saturated heterocycles. The zero-order chi connectivity index (χ0) is 17.6. The van der Waals surface area contributed by atoms with Gasteiger partial charge in [-0.05, 0) is 36.9 Å². The van der Waals surface area contributed by atoms with E-state index in [9.17, 15) is 35.5 Å². The zero-order valence-corrected chi connectivity index (χ0v) is 12.1. The second kappa shape index (κ2) is 5.73. The molecule has 2 rings (SSSR count). The lowest BCUT2D eigenvalue weighted by Crippen LogP contribution is -2.39. The Morgan fingerprint density at radius 3 is 2.35 bits per heavy atom. The molecule has 0 bridgehead atoms. The van der Waals surface area contributed by atoms with Gasteiger partial charge in [0.2, 0.25) is 5.43 Å². The predicted molar refractivity (Wildman–Crippen MR) is 71.0 cm³/mol. The van der Waals surface area contributed by atoms with Crippen molar-refractivity contribution in [1.29, 1.82) is 0 Å². The van der Waals surface area contributed by atoms with Crippen molar-refractivity contribution in [2.75, 3.05) is 0 Å². The van der Waals surface area contributed by atoms with E-state index < -0.39 is 45.5 Å². The first-order valence-electron chi connectivity index (χ1n) is 6.03. The third-order valence-corrected chi connectivity index (χ3v) is 4.09. The van der Waals surface area contributed by atoms with Crippen LogP contribution in [0.1, 0.15) is 5.69 Å². The van der Waals surface area contributed by atoms with Gasteiger partial charge in [-0.2, -0.15) is 22.0 Å². The van der Waals surface area contributed by atoms with E-state index in [0.717, 1.165) is 12.1 Å². The molecule has 2 nitrogen and oxygen atoms in total. The second-order valence-electron chi connectivity index (χ2n) is 4.67. The molecule has 1 atom stereocenters. The Morgan fingerprint density at radius 2 is 1.78 bits per heavy atom. The molecule has 0 radical (unpaired) electrons. The van der Waals surface area contributed by atoms with Gasteiger partial charge in [0.25, 0.3) is 6.17 Å². The molecule has 1 aromatic heterocycles. The van der Waals surface area contributed by atoms with Gasteiger partial charge in [-0.1, -0.05) is 0 Å². The summed E-state index contributed by atoms with van der Waals surface area (Å²) in [6.45, 7) is 1.17. The number of aryl methyl sites for hydroxylation is 1. The van der Waals surface area contributed by atoms with E-state index in [1.807, 2.05) is 0 Å². The van der Waals surface area contributed by atoms with Crippen LogP contribution >= 0.6 is 11.8 Å². The minimum Gasteiger partial charge on any atom is -0.357 e. The van der Waals surface area contributed by atoms with Crippen LogP contribution in [0.3, 0.4) is 0 Å². The van der Waals surface area contributed by atoms with Crippen LogP contribution in [0.2, 0.25) is 0 Å². The third kappa shape index (κ3) is 3.46. The maximum Gasteiger partial charge on any atom is 0.426 e. The molecular formula is C13H8F7NOS. The number of thioether (sulfide) groups is 1. The number of aromatic amines is 1. The predicted octanol–water partition coefficient (Wildman–Crippen LogP) is 4.56. The van der Waals surface area contributed by atoms with Gasteiger partial charge < -0.3 is 4.98 Å². The zero-order valence-electron chi connectivity index (χ0n) is 11.3. The Kier molecular flexibility index (Phi) is 4.40. The number of hydrogen-bond donors (Lipinski definition) is 1. The van der Waals surface area contributed by atoms with Crippen LogP contribution in [0.25, 0.3) is 10.9 Å². The van der Waals surface area contributed by atoms with E-state index >= 15 is 0 Å². The molecule has 1 heterocycles. The monoisotopic (exact) mass is 359 g/mol. The maximum atomic E-state index is 13.5. The molecule has 0 saturated carbocycles. The number of pyridine rings is 1. The molecule has 0 amide bonds. The van der Waals surface area contributed by atoms with Gasteiger partial charge in [0.05, 0.1) is 4.90 Å². The average Bonchev–Trinajstić information content (AvgIpc) is 2.42. The summed E-state index contributed by atoms with van der Waals surface area (Å²) >= 11 is -0.840. The quantitative estimate of drug-likeness (QED) is 0.644. The number of rotatable bonds is 3. The first-order chi connectivity index (χ1) is 10.4. The number of benzene rings is 1. The van der Waals surface area contributed by atoms with Crippen molar-refractivity contribution in [2.45, 2.75) is 29.4 Å². The minimum atomic E-state index is -5.78. The highest BCUT2D eigenvalue weighted by Crippen LogP contribution is 2.45. The first kappa shape index (κ1) is 17.6. The highest BCUT2D eigenvalue weighted by atomic mass is 32.2. The molecule has 1 aromatic carbocycles. The maximum absolute atomic E-state index is 13.5. The number of aromatic nitrogens is 1. The molecule has 0 fully saturated rings. The second-order valence-corrected chi connectivity index (χ2v) is 5.82. The van der Waals surface area contributed by atoms with Crippen LogP contribution in [-0.2, 0) is 0 Å². The fraction of sp³-hybridized carbons (Fsp3) is 0.308. The van der Waals surface area contributed by atoms with Crippen LogP contribution in [0.15, 0.2) is 27.9 Å². The highest BCUT2D eigenvalue weighted by molar-refractivity contribution is 8.00. The molecule has 1 unspecified atom stereocenters. The average molecular weight is 359 g/mol. The first-order valence-corrected chi connectivity index (χ1v) is 6.85. The normalized spacial score (nSPS) is 14.3. The van der Waals surface area contributed by atoms with Crippen LogP contribution < -0.4 is 5.43 Å². The van der Waals surface area contributed by atoms with Gasteiger partial charge in [0.15, 0.2) is 0 Å². The van der Waals surface area contributed by atoms with E-state index in [4.69, 9.17) is 0 Å². The molecule has 23 heavy (non-hydrogen) atoms. The van der Waals surface area contributed by atoms with E-state index in [0.29, 0.717) is 0 Å². The SMILES string of the molecule is Cc1[nH]c2ccc(F)cc2c(=O)c1SC(F)(F)C(F)C(F)(F)F. The van der Waals surface area contributed by atoms with Gasteiger partial charge in [-0.25, -0.2) is 8.78 Å². The molecule has 10 heteroatoms. The summed E-state index contributed by atoms with van der Waals surface area (Å²) in [5, 5.41) is -5.23. The molecule has 0 aliphatic carbocycles. The van der Waals surface area contributed by atoms with Crippen molar-refractivity contribution in [3.63, 3.8) is 0 Å². The number of alkyl halides is 6. The number of H-pyrrole nitrogens is 1. The number of fused-ring (bicyclic) bond motifs is 1. The lowest BCUT2D eigenvalue weighted by atomic mass is 10.2. The molecule has 1 N–H and O–H groups in total. The topological polar surface area (TPSA) is 32.9 Å². The Balaban J connectivity index is 2.54. The summed E-state index contributed by atoms with van der Waals surface area (Å²) < 4.78 is 89.5. The molecule has 0 aliphatic heterocycles. The van der Waals surface area contributed by atoms with E-state index in [1.165, 1.54) is 13.0 Å². The van der Waals surface area contributed by atoms with Crippen molar-refractivity contribution in [3.8, 4) is 0 Å². The molecule has 0 aliphatic rings. The van der Waals surface area contributed by atoms with Gasteiger partial charge in [-0.3, -0.25) is 4.79 Å². The van der Waals surface area contributed by atoms with E-state index in [-0.39, 0.29) is 16.6 Å². The summed E-state index contributed by atoms with van der Waals surface area (Å²) in [5.41, 5.74) is -1.16. The van der Waals surface area contributed by atoms with Crippen LogP contribution in [0.4, 0.5) is 30.7 Å². The van der Waals surface area contributed by atoms with Crippen molar-refractivity contribution in [2.24, 2.45) is 0 Å². The van der Waals surface area contributed by atoms with Crippen molar-refractivity contribution in [1.82, 2.24) is 4.98 Å². The molecule has 0 spiro atoms. The lowest BCUT2D eigenvalue weighted by molar-refractivity contribution is -0.219. The Hall–Kier alpha value is -1.71. The summed E-state index contributed by atoms with van der Waals surface area (Å²) in [6, 6.07) is 2.95. The number of halogens is 7. The molecular weight excluding hydrogens is 351 g/mol. The molecule has 2 aromatic rings.